The number of piperazine rings is 1. The molecule has 1 saturated heterocycles. The molecule has 1 aliphatic rings. The highest BCUT2D eigenvalue weighted by Gasteiger charge is 2.40. The fourth-order valence-electron chi connectivity index (χ4n) is 2.20. The summed E-state index contributed by atoms with van der Waals surface area (Å²) in [5, 5.41) is 3.37. The van der Waals surface area contributed by atoms with Crippen LogP contribution in [0.5, 0.6) is 0 Å². The van der Waals surface area contributed by atoms with E-state index in [9.17, 15) is 9.59 Å². The molecule has 19 heavy (non-hydrogen) atoms. The van der Waals surface area contributed by atoms with Crippen molar-refractivity contribution >= 4 is 29.1 Å². The minimum atomic E-state index is -0.510. The number of benzene rings is 1. The van der Waals surface area contributed by atoms with Gasteiger partial charge in [0.25, 0.3) is 5.91 Å². The van der Waals surface area contributed by atoms with Crippen molar-refractivity contribution in [3.05, 3.63) is 29.3 Å². The molecular formula is C14H17ClN2O2. The molecule has 0 radical (unpaired) electrons. The number of carbonyl (C=O) groups is 2. The van der Waals surface area contributed by atoms with Crippen molar-refractivity contribution in [2.45, 2.75) is 32.9 Å². The average Bonchev–Trinajstić information content (AvgIpc) is 2.36. The van der Waals surface area contributed by atoms with Gasteiger partial charge in [-0.15, -0.1) is 0 Å². The van der Waals surface area contributed by atoms with Gasteiger partial charge in [0.2, 0.25) is 5.91 Å². The molecule has 1 aromatic carbocycles. The number of rotatable bonds is 2. The lowest BCUT2D eigenvalue weighted by atomic mass is 9.98. The molecule has 1 heterocycles. The first-order valence-electron chi connectivity index (χ1n) is 6.31. The molecule has 0 saturated carbocycles. The highest BCUT2D eigenvalue weighted by Crippen LogP contribution is 2.24. The van der Waals surface area contributed by atoms with Crippen LogP contribution in [0.25, 0.3) is 0 Å². The van der Waals surface area contributed by atoms with Crippen molar-refractivity contribution in [2.75, 3.05) is 4.90 Å². The predicted molar refractivity (Wildman–Crippen MR) is 75.2 cm³/mol. The topological polar surface area (TPSA) is 49.4 Å². The summed E-state index contributed by atoms with van der Waals surface area (Å²) >= 11 is 5.85. The van der Waals surface area contributed by atoms with Crippen LogP contribution >= 0.6 is 11.6 Å². The third-order valence-electron chi connectivity index (χ3n) is 3.34. The predicted octanol–water partition coefficient (Wildman–Crippen LogP) is 2.22. The lowest BCUT2D eigenvalue weighted by Crippen LogP contribution is -2.64. The molecule has 102 valence electrons. The van der Waals surface area contributed by atoms with Crippen LogP contribution in [-0.2, 0) is 9.59 Å². The molecule has 0 aromatic heterocycles. The lowest BCUT2D eigenvalue weighted by Gasteiger charge is -2.38. The SMILES string of the molecule is CC(C)C1NC(=O)C(C)N(c2ccc(Cl)cc2)C1=O. The summed E-state index contributed by atoms with van der Waals surface area (Å²) in [6.07, 6.45) is 0. The molecule has 4 nitrogen and oxygen atoms in total. The number of hydrogen-bond donors (Lipinski definition) is 1. The highest BCUT2D eigenvalue weighted by atomic mass is 35.5. The smallest absolute Gasteiger partial charge is 0.250 e. The first-order valence-corrected chi connectivity index (χ1v) is 6.68. The second-order valence-electron chi connectivity index (χ2n) is 5.09. The third-order valence-corrected chi connectivity index (χ3v) is 3.59. The number of halogens is 1. The normalized spacial score (nSPS) is 23.7. The number of nitrogens with one attached hydrogen (secondary N) is 1. The highest BCUT2D eigenvalue weighted by molar-refractivity contribution is 6.30. The van der Waals surface area contributed by atoms with E-state index in [1.165, 1.54) is 0 Å². The van der Waals surface area contributed by atoms with Crippen LogP contribution in [0.2, 0.25) is 5.02 Å². The summed E-state index contributed by atoms with van der Waals surface area (Å²) in [4.78, 5) is 26.0. The Bertz CT molecular complexity index is 499. The monoisotopic (exact) mass is 280 g/mol. The van der Waals surface area contributed by atoms with E-state index in [-0.39, 0.29) is 17.7 Å². The molecule has 2 atom stereocenters. The molecule has 0 spiro atoms. The Morgan fingerprint density at radius 3 is 2.32 bits per heavy atom. The van der Waals surface area contributed by atoms with Crippen LogP contribution in [0.15, 0.2) is 24.3 Å². The molecule has 2 rings (SSSR count). The van der Waals surface area contributed by atoms with E-state index in [4.69, 9.17) is 11.6 Å². The zero-order chi connectivity index (χ0) is 14.2. The van der Waals surface area contributed by atoms with Crippen LogP contribution in [0.4, 0.5) is 5.69 Å². The van der Waals surface area contributed by atoms with Crippen LogP contribution < -0.4 is 10.2 Å². The molecule has 1 fully saturated rings. The second-order valence-corrected chi connectivity index (χ2v) is 5.53. The van der Waals surface area contributed by atoms with Gasteiger partial charge in [-0.3, -0.25) is 14.5 Å². The molecule has 0 bridgehead atoms. The van der Waals surface area contributed by atoms with E-state index in [0.717, 1.165) is 0 Å². The molecule has 1 N–H and O–H groups in total. The summed E-state index contributed by atoms with van der Waals surface area (Å²) in [7, 11) is 0. The van der Waals surface area contributed by atoms with Crippen molar-refractivity contribution in [3.8, 4) is 0 Å². The van der Waals surface area contributed by atoms with E-state index < -0.39 is 12.1 Å². The number of amides is 2. The Kier molecular flexibility index (Phi) is 3.80. The van der Waals surface area contributed by atoms with Crippen LogP contribution in [0.3, 0.4) is 0 Å². The number of anilines is 1. The Morgan fingerprint density at radius 2 is 1.79 bits per heavy atom. The fourth-order valence-corrected chi connectivity index (χ4v) is 2.32. The molecule has 5 heteroatoms. The van der Waals surface area contributed by atoms with Gasteiger partial charge in [-0.05, 0) is 37.1 Å². The number of carbonyl (C=O) groups excluding carboxylic acids is 2. The van der Waals surface area contributed by atoms with E-state index >= 15 is 0 Å². The number of nitrogens with zero attached hydrogens (tertiary/aromatic N) is 1. The zero-order valence-electron chi connectivity index (χ0n) is 11.2. The Hall–Kier alpha value is -1.55. The largest absolute Gasteiger partial charge is 0.342 e. The van der Waals surface area contributed by atoms with E-state index in [1.807, 2.05) is 13.8 Å². The van der Waals surface area contributed by atoms with Gasteiger partial charge >= 0.3 is 0 Å². The summed E-state index contributed by atoms with van der Waals surface area (Å²) in [6.45, 7) is 5.55. The maximum Gasteiger partial charge on any atom is 0.250 e. The molecule has 1 aliphatic heterocycles. The average molecular weight is 281 g/mol. The molecular weight excluding hydrogens is 264 g/mol. The second kappa shape index (κ2) is 5.21. The Morgan fingerprint density at radius 1 is 1.21 bits per heavy atom. The van der Waals surface area contributed by atoms with Crippen molar-refractivity contribution in [1.82, 2.24) is 5.32 Å². The van der Waals surface area contributed by atoms with Gasteiger partial charge in [-0.1, -0.05) is 25.4 Å². The van der Waals surface area contributed by atoms with Gasteiger partial charge in [0.15, 0.2) is 0 Å². The standard InChI is InChI=1S/C14H17ClN2O2/c1-8(2)12-14(19)17(9(3)13(18)16-12)11-6-4-10(15)5-7-11/h4-9,12H,1-3H3,(H,16,18). The van der Waals surface area contributed by atoms with Crippen LogP contribution in [-0.4, -0.2) is 23.9 Å². The molecule has 2 amide bonds. The van der Waals surface area contributed by atoms with Crippen molar-refractivity contribution in [1.29, 1.82) is 0 Å². The van der Waals surface area contributed by atoms with Crippen LogP contribution in [0, 0.1) is 5.92 Å². The first-order chi connectivity index (χ1) is 8.91. The maximum atomic E-state index is 12.5. The van der Waals surface area contributed by atoms with Gasteiger partial charge in [-0.25, -0.2) is 0 Å². The Labute approximate surface area is 117 Å². The van der Waals surface area contributed by atoms with Crippen molar-refractivity contribution < 1.29 is 9.59 Å². The summed E-state index contributed by atoms with van der Waals surface area (Å²) in [6, 6.07) is 5.96. The third kappa shape index (κ3) is 2.59. The van der Waals surface area contributed by atoms with Gasteiger partial charge in [0, 0.05) is 10.7 Å². The Balaban J connectivity index is 2.37. The fraction of sp³-hybridized carbons (Fsp3) is 0.429. The summed E-state index contributed by atoms with van der Waals surface area (Å²) in [5.41, 5.74) is 0.697. The summed E-state index contributed by atoms with van der Waals surface area (Å²) in [5.74, 6) is -0.156. The van der Waals surface area contributed by atoms with E-state index in [1.54, 1.807) is 36.1 Å². The minimum absolute atomic E-state index is 0.0544. The first kappa shape index (κ1) is 13.9. The zero-order valence-corrected chi connectivity index (χ0v) is 11.9. The van der Waals surface area contributed by atoms with Gasteiger partial charge in [0.05, 0.1) is 0 Å². The van der Waals surface area contributed by atoms with Crippen molar-refractivity contribution in [2.24, 2.45) is 5.92 Å². The van der Waals surface area contributed by atoms with E-state index in [0.29, 0.717) is 10.7 Å². The minimum Gasteiger partial charge on any atom is -0.342 e. The van der Waals surface area contributed by atoms with Gasteiger partial charge in [-0.2, -0.15) is 0 Å². The van der Waals surface area contributed by atoms with Crippen molar-refractivity contribution in [3.63, 3.8) is 0 Å². The van der Waals surface area contributed by atoms with E-state index in [2.05, 4.69) is 5.32 Å². The quantitative estimate of drug-likeness (QED) is 0.903. The molecule has 0 aliphatic carbocycles. The van der Waals surface area contributed by atoms with Gasteiger partial charge in [0.1, 0.15) is 12.1 Å². The summed E-state index contributed by atoms with van der Waals surface area (Å²) < 4.78 is 0. The molecule has 2 unspecified atom stereocenters. The number of hydrogen-bond acceptors (Lipinski definition) is 2. The lowest BCUT2D eigenvalue weighted by molar-refractivity contribution is -0.134. The van der Waals surface area contributed by atoms with Crippen LogP contribution in [0.1, 0.15) is 20.8 Å². The maximum absolute atomic E-state index is 12.5. The van der Waals surface area contributed by atoms with Gasteiger partial charge < -0.3 is 5.32 Å². The molecule has 1 aromatic rings.